The van der Waals surface area contributed by atoms with Gasteiger partial charge < -0.3 is 15.5 Å². The smallest absolute Gasteiger partial charge is 0.190 e. The molecular formula is C13H28N4. The van der Waals surface area contributed by atoms with Gasteiger partial charge in [0.1, 0.15) is 0 Å². The van der Waals surface area contributed by atoms with Crippen LogP contribution in [0.15, 0.2) is 4.99 Å². The van der Waals surface area contributed by atoms with Gasteiger partial charge in [0.2, 0.25) is 0 Å². The molecule has 1 atom stereocenters. The maximum Gasteiger partial charge on any atom is 0.190 e. The summed E-state index contributed by atoms with van der Waals surface area (Å²) in [5.41, 5.74) is 0. The van der Waals surface area contributed by atoms with Crippen molar-refractivity contribution in [2.75, 3.05) is 40.3 Å². The molecule has 1 aliphatic rings. The van der Waals surface area contributed by atoms with Crippen LogP contribution in [0, 0.1) is 5.92 Å². The van der Waals surface area contributed by atoms with Crippen LogP contribution in [0.2, 0.25) is 0 Å². The maximum atomic E-state index is 4.09. The minimum atomic E-state index is 0.886. The molecule has 1 aliphatic heterocycles. The minimum absolute atomic E-state index is 0.886. The summed E-state index contributed by atoms with van der Waals surface area (Å²) in [5, 5.41) is 6.31. The molecule has 2 N–H and O–H groups in total. The highest BCUT2D eigenvalue weighted by atomic mass is 15.2. The number of nitrogens with one attached hydrogen (secondary N) is 2. The average Bonchev–Trinajstić information content (AvgIpc) is 2.34. The van der Waals surface area contributed by atoms with Crippen molar-refractivity contribution in [1.82, 2.24) is 15.5 Å². The van der Waals surface area contributed by atoms with E-state index in [1.54, 1.807) is 7.05 Å². The number of hydrogen-bond donors (Lipinski definition) is 2. The Labute approximate surface area is 106 Å². The van der Waals surface area contributed by atoms with Crippen LogP contribution in [0.1, 0.15) is 32.6 Å². The Bertz CT molecular complexity index is 227. The lowest BCUT2D eigenvalue weighted by atomic mass is 10.0. The molecule has 4 nitrogen and oxygen atoms in total. The molecule has 1 unspecified atom stereocenters. The summed E-state index contributed by atoms with van der Waals surface area (Å²) in [7, 11) is 3.69. The Hall–Kier alpha value is -0.770. The van der Waals surface area contributed by atoms with Crippen LogP contribution in [0.4, 0.5) is 0 Å². The molecular weight excluding hydrogens is 212 g/mol. The SMILES string of the molecule is CN=C(NC)NCCCCN1CCCC(C)C1. The van der Waals surface area contributed by atoms with E-state index in [0.29, 0.717) is 0 Å². The largest absolute Gasteiger partial charge is 0.359 e. The number of rotatable bonds is 5. The van der Waals surface area contributed by atoms with Crippen molar-refractivity contribution < 1.29 is 0 Å². The number of hydrogen-bond acceptors (Lipinski definition) is 2. The average molecular weight is 240 g/mol. The van der Waals surface area contributed by atoms with Gasteiger partial charge in [0.15, 0.2) is 5.96 Å². The predicted molar refractivity (Wildman–Crippen MR) is 74.5 cm³/mol. The van der Waals surface area contributed by atoms with E-state index in [9.17, 15) is 0 Å². The van der Waals surface area contributed by atoms with Gasteiger partial charge in [0.25, 0.3) is 0 Å². The highest BCUT2D eigenvalue weighted by molar-refractivity contribution is 5.79. The summed E-state index contributed by atoms with van der Waals surface area (Å²) in [6.07, 6.45) is 5.29. The first-order chi connectivity index (χ1) is 8.26. The predicted octanol–water partition coefficient (Wildman–Crippen LogP) is 1.29. The zero-order chi connectivity index (χ0) is 12.5. The van der Waals surface area contributed by atoms with Crippen LogP contribution in [-0.4, -0.2) is 51.1 Å². The van der Waals surface area contributed by atoms with Crippen molar-refractivity contribution in [3.63, 3.8) is 0 Å². The molecule has 0 spiro atoms. The van der Waals surface area contributed by atoms with Crippen molar-refractivity contribution >= 4 is 5.96 Å². The van der Waals surface area contributed by atoms with Gasteiger partial charge in [-0.25, -0.2) is 0 Å². The van der Waals surface area contributed by atoms with Crippen molar-refractivity contribution in [3.8, 4) is 0 Å². The number of piperidine rings is 1. The van der Waals surface area contributed by atoms with Crippen molar-refractivity contribution in [2.45, 2.75) is 32.6 Å². The Morgan fingerprint density at radius 3 is 2.88 bits per heavy atom. The van der Waals surface area contributed by atoms with E-state index in [1.165, 1.54) is 45.3 Å². The van der Waals surface area contributed by atoms with Crippen LogP contribution in [-0.2, 0) is 0 Å². The topological polar surface area (TPSA) is 39.7 Å². The molecule has 0 bridgehead atoms. The molecule has 0 aromatic heterocycles. The van der Waals surface area contributed by atoms with Gasteiger partial charge in [0, 0.05) is 27.2 Å². The van der Waals surface area contributed by atoms with E-state index in [1.807, 2.05) is 7.05 Å². The van der Waals surface area contributed by atoms with Gasteiger partial charge in [-0.15, -0.1) is 0 Å². The third-order valence-corrected chi connectivity index (χ3v) is 3.40. The Morgan fingerprint density at radius 1 is 1.41 bits per heavy atom. The molecule has 1 rings (SSSR count). The van der Waals surface area contributed by atoms with E-state index in [0.717, 1.165) is 18.4 Å². The van der Waals surface area contributed by atoms with E-state index in [-0.39, 0.29) is 0 Å². The monoisotopic (exact) mass is 240 g/mol. The van der Waals surface area contributed by atoms with E-state index in [2.05, 4.69) is 27.4 Å². The second kappa shape index (κ2) is 8.34. The van der Waals surface area contributed by atoms with Crippen LogP contribution < -0.4 is 10.6 Å². The lowest BCUT2D eigenvalue weighted by molar-refractivity contribution is 0.181. The van der Waals surface area contributed by atoms with E-state index in [4.69, 9.17) is 0 Å². The summed E-state index contributed by atoms with van der Waals surface area (Å²) >= 11 is 0. The zero-order valence-corrected chi connectivity index (χ0v) is 11.6. The highest BCUT2D eigenvalue weighted by Crippen LogP contribution is 2.15. The first-order valence-corrected chi connectivity index (χ1v) is 6.87. The van der Waals surface area contributed by atoms with Crippen LogP contribution >= 0.6 is 0 Å². The van der Waals surface area contributed by atoms with Gasteiger partial charge in [-0.3, -0.25) is 4.99 Å². The van der Waals surface area contributed by atoms with Gasteiger partial charge in [-0.2, -0.15) is 0 Å². The molecule has 0 aromatic carbocycles. The number of guanidine groups is 1. The minimum Gasteiger partial charge on any atom is -0.359 e. The van der Waals surface area contributed by atoms with Crippen LogP contribution in [0.5, 0.6) is 0 Å². The Balaban J connectivity index is 2.00. The fraction of sp³-hybridized carbons (Fsp3) is 0.923. The molecule has 0 aromatic rings. The number of unbranched alkanes of at least 4 members (excludes halogenated alkanes) is 1. The normalized spacial score (nSPS) is 22.5. The maximum absolute atomic E-state index is 4.09. The third-order valence-electron chi connectivity index (χ3n) is 3.40. The molecule has 1 fully saturated rings. The fourth-order valence-corrected chi connectivity index (χ4v) is 2.44. The van der Waals surface area contributed by atoms with E-state index < -0.39 is 0 Å². The first kappa shape index (κ1) is 14.3. The van der Waals surface area contributed by atoms with Crippen molar-refractivity contribution in [1.29, 1.82) is 0 Å². The lowest BCUT2D eigenvalue weighted by Gasteiger charge is -2.30. The molecule has 1 heterocycles. The van der Waals surface area contributed by atoms with Gasteiger partial charge in [0.05, 0.1) is 0 Å². The third kappa shape index (κ3) is 5.91. The van der Waals surface area contributed by atoms with Gasteiger partial charge in [-0.05, 0) is 44.7 Å². The lowest BCUT2D eigenvalue weighted by Crippen LogP contribution is -2.36. The Morgan fingerprint density at radius 2 is 2.24 bits per heavy atom. The number of nitrogens with zero attached hydrogens (tertiary/aromatic N) is 2. The Kier molecular flexibility index (Phi) is 7.01. The summed E-state index contributed by atoms with van der Waals surface area (Å²) in [6.45, 7) is 7.23. The molecule has 100 valence electrons. The van der Waals surface area contributed by atoms with Crippen molar-refractivity contribution in [2.24, 2.45) is 10.9 Å². The second-order valence-corrected chi connectivity index (χ2v) is 5.00. The van der Waals surface area contributed by atoms with E-state index >= 15 is 0 Å². The summed E-state index contributed by atoms with van der Waals surface area (Å²) in [4.78, 5) is 6.70. The molecule has 0 aliphatic carbocycles. The van der Waals surface area contributed by atoms with Crippen LogP contribution in [0.3, 0.4) is 0 Å². The molecule has 0 radical (unpaired) electrons. The molecule has 0 amide bonds. The fourth-order valence-electron chi connectivity index (χ4n) is 2.44. The van der Waals surface area contributed by atoms with Crippen LogP contribution in [0.25, 0.3) is 0 Å². The zero-order valence-electron chi connectivity index (χ0n) is 11.6. The highest BCUT2D eigenvalue weighted by Gasteiger charge is 2.15. The van der Waals surface area contributed by atoms with Crippen molar-refractivity contribution in [3.05, 3.63) is 0 Å². The number of aliphatic imine (C=N–C) groups is 1. The molecule has 4 heteroatoms. The molecule has 1 saturated heterocycles. The van der Waals surface area contributed by atoms with Gasteiger partial charge in [-0.1, -0.05) is 6.92 Å². The second-order valence-electron chi connectivity index (χ2n) is 5.00. The quantitative estimate of drug-likeness (QED) is 0.432. The van der Waals surface area contributed by atoms with Gasteiger partial charge >= 0.3 is 0 Å². The summed E-state index contributed by atoms with van der Waals surface area (Å²) < 4.78 is 0. The number of likely N-dealkylation sites (tertiary alicyclic amines) is 1. The summed E-state index contributed by atoms with van der Waals surface area (Å²) in [6, 6.07) is 0. The standard InChI is InChI=1S/C13H28N4/c1-12-7-6-10-17(11-12)9-5-4-8-16-13(14-2)15-3/h12H,4-11H2,1-3H3,(H2,14,15,16). The first-order valence-electron chi connectivity index (χ1n) is 6.87. The summed E-state index contributed by atoms with van der Waals surface area (Å²) in [5.74, 6) is 1.78. The molecule has 17 heavy (non-hydrogen) atoms. The molecule has 0 saturated carbocycles.